The van der Waals surface area contributed by atoms with E-state index in [0.717, 1.165) is 6.54 Å². The van der Waals surface area contributed by atoms with Crippen LogP contribution in [0.4, 0.5) is 0 Å². The standard InChI is InChI=1S/C11H15NOS/c1-14-11-5-4-8(13)7-9(11)10-3-2-6-12-10/h4-5,7,10,12-13H,2-3,6H2,1H3. The molecule has 3 heteroatoms. The summed E-state index contributed by atoms with van der Waals surface area (Å²) in [6, 6.07) is 6.07. The summed E-state index contributed by atoms with van der Waals surface area (Å²) in [5.41, 5.74) is 1.25. The lowest BCUT2D eigenvalue weighted by Crippen LogP contribution is -2.13. The second-order valence-corrected chi connectivity index (χ2v) is 4.42. The van der Waals surface area contributed by atoms with Gasteiger partial charge in [0, 0.05) is 10.9 Å². The maximum absolute atomic E-state index is 9.46. The summed E-state index contributed by atoms with van der Waals surface area (Å²) in [6.45, 7) is 1.09. The molecule has 1 atom stereocenters. The number of phenols is 1. The zero-order valence-electron chi connectivity index (χ0n) is 8.29. The molecule has 1 fully saturated rings. The summed E-state index contributed by atoms with van der Waals surface area (Å²) in [7, 11) is 0. The molecule has 2 rings (SSSR count). The van der Waals surface area contributed by atoms with E-state index >= 15 is 0 Å². The molecule has 1 aromatic carbocycles. The van der Waals surface area contributed by atoms with Crippen LogP contribution in [-0.4, -0.2) is 17.9 Å². The Morgan fingerprint density at radius 2 is 2.36 bits per heavy atom. The smallest absolute Gasteiger partial charge is 0.115 e. The molecule has 1 aliphatic heterocycles. The first-order valence-electron chi connectivity index (χ1n) is 4.91. The molecule has 1 unspecified atom stereocenters. The van der Waals surface area contributed by atoms with E-state index in [1.54, 1.807) is 17.8 Å². The van der Waals surface area contributed by atoms with E-state index in [2.05, 4.69) is 11.6 Å². The predicted molar refractivity (Wildman–Crippen MR) is 59.9 cm³/mol. The van der Waals surface area contributed by atoms with Gasteiger partial charge in [-0.1, -0.05) is 0 Å². The fourth-order valence-corrected chi connectivity index (χ4v) is 2.59. The average molecular weight is 209 g/mol. The van der Waals surface area contributed by atoms with Gasteiger partial charge >= 0.3 is 0 Å². The minimum atomic E-state index is 0.367. The van der Waals surface area contributed by atoms with Crippen molar-refractivity contribution in [2.45, 2.75) is 23.8 Å². The maximum Gasteiger partial charge on any atom is 0.115 e. The molecular formula is C11H15NOS. The topological polar surface area (TPSA) is 32.3 Å². The molecule has 1 aromatic rings. The minimum Gasteiger partial charge on any atom is -0.508 e. The van der Waals surface area contributed by atoms with Crippen LogP contribution in [0.15, 0.2) is 23.1 Å². The van der Waals surface area contributed by atoms with Crippen LogP contribution in [-0.2, 0) is 0 Å². The van der Waals surface area contributed by atoms with Gasteiger partial charge in [0.2, 0.25) is 0 Å². The molecule has 0 aromatic heterocycles. The summed E-state index contributed by atoms with van der Waals surface area (Å²) >= 11 is 1.74. The van der Waals surface area contributed by atoms with Crippen molar-refractivity contribution in [2.24, 2.45) is 0 Å². The fraction of sp³-hybridized carbons (Fsp3) is 0.455. The molecule has 0 spiro atoms. The van der Waals surface area contributed by atoms with Crippen LogP contribution >= 0.6 is 11.8 Å². The highest BCUT2D eigenvalue weighted by Crippen LogP contribution is 2.33. The molecule has 0 saturated carbocycles. The van der Waals surface area contributed by atoms with Gasteiger partial charge in [0.1, 0.15) is 5.75 Å². The lowest BCUT2D eigenvalue weighted by molar-refractivity contribution is 0.472. The molecule has 1 heterocycles. The van der Waals surface area contributed by atoms with Gasteiger partial charge in [-0.15, -0.1) is 11.8 Å². The first kappa shape index (κ1) is 9.87. The molecule has 2 N–H and O–H groups in total. The van der Waals surface area contributed by atoms with Crippen molar-refractivity contribution in [3.63, 3.8) is 0 Å². The number of benzene rings is 1. The second kappa shape index (κ2) is 4.24. The van der Waals surface area contributed by atoms with Crippen molar-refractivity contribution in [1.82, 2.24) is 5.32 Å². The summed E-state index contributed by atoms with van der Waals surface area (Å²) in [5.74, 6) is 0.367. The van der Waals surface area contributed by atoms with Gasteiger partial charge < -0.3 is 10.4 Å². The highest BCUT2D eigenvalue weighted by atomic mass is 32.2. The Bertz CT molecular complexity index is 321. The van der Waals surface area contributed by atoms with Crippen molar-refractivity contribution in [2.75, 3.05) is 12.8 Å². The molecular weight excluding hydrogens is 194 g/mol. The fourth-order valence-electron chi connectivity index (χ4n) is 1.94. The first-order valence-corrected chi connectivity index (χ1v) is 6.14. The lowest BCUT2D eigenvalue weighted by Gasteiger charge is -2.14. The number of phenolic OH excluding ortho intramolecular Hbond substituents is 1. The summed E-state index contributed by atoms with van der Waals surface area (Å²) in [5, 5.41) is 12.9. The normalized spacial score (nSPS) is 21.4. The van der Waals surface area contributed by atoms with E-state index in [4.69, 9.17) is 0 Å². The third-order valence-electron chi connectivity index (χ3n) is 2.65. The molecule has 0 radical (unpaired) electrons. The third-order valence-corrected chi connectivity index (χ3v) is 3.46. The number of aromatic hydroxyl groups is 1. The SMILES string of the molecule is CSc1ccc(O)cc1C1CCCN1. The van der Waals surface area contributed by atoms with Crippen molar-refractivity contribution >= 4 is 11.8 Å². The molecule has 1 aliphatic rings. The predicted octanol–water partition coefficient (Wildman–Crippen LogP) is 2.54. The molecule has 14 heavy (non-hydrogen) atoms. The Labute approximate surface area is 88.7 Å². The van der Waals surface area contributed by atoms with Crippen LogP contribution in [0.25, 0.3) is 0 Å². The number of thioether (sulfide) groups is 1. The summed E-state index contributed by atoms with van der Waals surface area (Å²) < 4.78 is 0. The van der Waals surface area contributed by atoms with Crippen molar-refractivity contribution in [1.29, 1.82) is 0 Å². The van der Waals surface area contributed by atoms with E-state index in [1.807, 2.05) is 12.1 Å². The Balaban J connectivity index is 2.33. The average Bonchev–Trinajstić information content (AvgIpc) is 2.70. The Hall–Kier alpha value is -0.670. The maximum atomic E-state index is 9.46. The van der Waals surface area contributed by atoms with E-state index in [9.17, 15) is 5.11 Å². The van der Waals surface area contributed by atoms with E-state index in [0.29, 0.717) is 11.8 Å². The van der Waals surface area contributed by atoms with Crippen molar-refractivity contribution in [3.8, 4) is 5.75 Å². The molecule has 0 aliphatic carbocycles. The van der Waals surface area contributed by atoms with Crippen molar-refractivity contribution < 1.29 is 5.11 Å². The summed E-state index contributed by atoms with van der Waals surface area (Å²) in [6.07, 6.45) is 4.48. The van der Waals surface area contributed by atoms with Crippen LogP contribution in [0, 0.1) is 0 Å². The zero-order chi connectivity index (χ0) is 9.97. The van der Waals surface area contributed by atoms with Gasteiger partial charge in [0.15, 0.2) is 0 Å². The first-order chi connectivity index (χ1) is 6.81. The van der Waals surface area contributed by atoms with E-state index in [1.165, 1.54) is 23.3 Å². The molecule has 76 valence electrons. The van der Waals surface area contributed by atoms with Gasteiger partial charge in [0.05, 0.1) is 0 Å². The molecule has 1 saturated heterocycles. The number of hydrogen-bond acceptors (Lipinski definition) is 3. The Morgan fingerprint density at radius 3 is 3.00 bits per heavy atom. The third kappa shape index (κ3) is 1.88. The van der Waals surface area contributed by atoms with Crippen LogP contribution in [0.3, 0.4) is 0 Å². The van der Waals surface area contributed by atoms with E-state index < -0.39 is 0 Å². The molecule has 0 amide bonds. The van der Waals surface area contributed by atoms with Gasteiger partial charge in [-0.05, 0) is 49.4 Å². The Morgan fingerprint density at radius 1 is 1.50 bits per heavy atom. The van der Waals surface area contributed by atoms with Gasteiger partial charge in [-0.2, -0.15) is 0 Å². The van der Waals surface area contributed by atoms with Crippen LogP contribution in [0.1, 0.15) is 24.4 Å². The highest BCUT2D eigenvalue weighted by molar-refractivity contribution is 7.98. The van der Waals surface area contributed by atoms with Gasteiger partial charge in [0.25, 0.3) is 0 Å². The van der Waals surface area contributed by atoms with Crippen LogP contribution in [0.5, 0.6) is 5.75 Å². The number of nitrogens with one attached hydrogen (secondary N) is 1. The summed E-state index contributed by atoms with van der Waals surface area (Å²) in [4.78, 5) is 1.27. The van der Waals surface area contributed by atoms with E-state index in [-0.39, 0.29) is 0 Å². The van der Waals surface area contributed by atoms with Gasteiger partial charge in [-0.3, -0.25) is 0 Å². The highest BCUT2D eigenvalue weighted by Gasteiger charge is 2.19. The lowest BCUT2D eigenvalue weighted by atomic mass is 10.1. The van der Waals surface area contributed by atoms with Crippen molar-refractivity contribution in [3.05, 3.63) is 23.8 Å². The van der Waals surface area contributed by atoms with Crippen LogP contribution in [0.2, 0.25) is 0 Å². The minimum absolute atomic E-state index is 0.367. The number of rotatable bonds is 2. The zero-order valence-corrected chi connectivity index (χ0v) is 9.10. The molecule has 0 bridgehead atoms. The largest absolute Gasteiger partial charge is 0.508 e. The molecule has 2 nitrogen and oxygen atoms in total. The second-order valence-electron chi connectivity index (χ2n) is 3.58. The number of hydrogen-bond donors (Lipinski definition) is 2. The quantitative estimate of drug-likeness (QED) is 0.734. The monoisotopic (exact) mass is 209 g/mol. The van der Waals surface area contributed by atoms with Gasteiger partial charge in [-0.25, -0.2) is 0 Å². The Kier molecular flexibility index (Phi) is 2.99. The van der Waals surface area contributed by atoms with Crippen LogP contribution < -0.4 is 5.32 Å².